The molecule has 0 saturated carbocycles. The molecule has 0 unspecified atom stereocenters. The van der Waals surface area contributed by atoms with Gasteiger partial charge in [0.05, 0.1) is 0 Å². The van der Waals surface area contributed by atoms with E-state index >= 15 is 0 Å². The Morgan fingerprint density at radius 3 is 1.50 bits per heavy atom. The molecule has 0 aliphatic rings. The van der Waals surface area contributed by atoms with E-state index in [1.807, 2.05) is 0 Å². The predicted molar refractivity (Wildman–Crippen MR) is 98.2 cm³/mol. The summed E-state index contributed by atoms with van der Waals surface area (Å²) in [5.74, 6) is 0.409. The van der Waals surface area contributed by atoms with Gasteiger partial charge in [-0.1, -0.05) is 73.1 Å². The fourth-order valence-corrected chi connectivity index (χ4v) is 3.44. The molecule has 0 radical (unpaired) electrons. The maximum absolute atomic E-state index is 12.8. The third-order valence-electron chi connectivity index (χ3n) is 4.56. The van der Waals surface area contributed by atoms with Gasteiger partial charge in [-0.25, -0.2) is 0 Å². The molecule has 0 aromatic rings. The van der Waals surface area contributed by atoms with Gasteiger partial charge in [0.2, 0.25) is 5.91 Å². The zero-order chi connectivity index (χ0) is 16.8. The Morgan fingerprint density at radius 2 is 1.14 bits per heavy atom. The summed E-state index contributed by atoms with van der Waals surface area (Å²) in [6, 6.07) is 0.940. The van der Waals surface area contributed by atoms with Crippen LogP contribution in [0.1, 0.15) is 112 Å². The summed E-state index contributed by atoms with van der Waals surface area (Å²) >= 11 is 0. The zero-order valence-electron chi connectivity index (χ0n) is 16.0. The van der Waals surface area contributed by atoms with Crippen LogP contribution in [-0.4, -0.2) is 22.9 Å². The van der Waals surface area contributed by atoms with E-state index in [9.17, 15) is 4.79 Å². The topological polar surface area (TPSA) is 20.3 Å². The van der Waals surface area contributed by atoms with Crippen molar-refractivity contribution in [2.24, 2.45) is 0 Å². The lowest BCUT2D eigenvalue weighted by Crippen LogP contribution is -2.47. The van der Waals surface area contributed by atoms with Crippen molar-refractivity contribution in [2.75, 3.05) is 0 Å². The highest BCUT2D eigenvalue weighted by Gasteiger charge is 2.28. The minimum atomic E-state index is 0.409. The number of nitrogens with zero attached hydrogens (tertiary/aromatic N) is 1. The van der Waals surface area contributed by atoms with E-state index in [0.29, 0.717) is 18.0 Å². The predicted octanol–water partition coefficient (Wildman–Crippen LogP) is 6.33. The molecule has 0 N–H and O–H groups in total. The van der Waals surface area contributed by atoms with Crippen LogP contribution in [-0.2, 0) is 4.79 Å². The lowest BCUT2D eigenvalue weighted by Gasteiger charge is -2.39. The first-order valence-electron chi connectivity index (χ1n) is 9.97. The molecule has 0 aromatic heterocycles. The lowest BCUT2D eigenvalue weighted by atomic mass is 9.96. The molecule has 132 valence electrons. The fraction of sp³-hybridized carbons (Fsp3) is 0.950. The normalized spacial score (nSPS) is 11.4. The summed E-state index contributed by atoms with van der Waals surface area (Å²) in [6.07, 6.45) is 13.7. The maximum atomic E-state index is 12.8. The van der Waals surface area contributed by atoms with Crippen LogP contribution in [0.3, 0.4) is 0 Å². The summed E-state index contributed by atoms with van der Waals surface area (Å²) < 4.78 is 0. The molecule has 0 rings (SSSR count). The summed E-state index contributed by atoms with van der Waals surface area (Å²) in [5, 5.41) is 0. The van der Waals surface area contributed by atoms with Crippen molar-refractivity contribution in [1.82, 2.24) is 4.90 Å². The van der Waals surface area contributed by atoms with Crippen molar-refractivity contribution in [3.8, 4) is 0 Å². The van der Waals surface area contributed by atoms with Crippen LogP contribution in [0.5, 0.6) is 0 Å². The van der Waals surface area contributed by atoms with Gasteiger partial charge in [-0.3, -0.25) is 4.79 Å². The molecule has 2 heteroatoms. The monoisotopic (exact) mass is 311 g/mol. The number of carbonyl (C=O) groups excluding carboxylic acids is 1. The van der Waals surface area contributed by atoms with E-state index in [1.165, 1.54) is 51.4 Å². The van der Waals surface area contributed by atoms with Crippen molar-refractivity contribution >= 4 is 5.91 Å². The Balaban J connectivity index is 5.18. The van der Waals surface area contributed by atoms with Crippen LogP contribution < -0.4 is 0 Å². The van der Waals surface area contributed by atoms with E-state index in [1.54, 1.807) is 0 Å². The first-order chi connectivity index (χ1) is 10.7. The number of amides is 1. The smallest absolute Gasteiger partial charge is 0.223 e. The molecule has 0 fully saturated rings. The van der Waals surface area contributed by atoms with Gasteiger partial charge in [0, 0.05) is 18.5 Å². The number of unbranched alkanes of at least 4 members (excludes halogenated alkanes) is 2. The SMILES string of the molecule is CCCCC(CCCC)N(C(=O)CCC)C(CCC)CCC. The summed E-state index contributed by atoms with van der Waals surface area (Å²) in [5.41, 5.74) is 0. The van der Waals surface area contributed by atoms with E-state index in [4.69, 9.17) is 0 Å². The minimum absolute atomic E-state index is 0.409. The Labute approximate surface area is 140 Å². The second kappa shape index (κ2) is 14.1. The minimum Gasteiger partial charge on any atom is -0.337 e. The van der Waals surface area contributed by atoms with Gasteiger partial charge in [0.25, 0.3) is 0 Å². The first kappa shape index (κ1) is 21.5. The zero-order valence-corrected chi connectivity index (χ0v) is 16.0. The van der Waals surface area contributed by atoms with Crippen molar-refractivity contribution < 1.29 is 4.79 Å². The second-order valence-electron chi connectivity index (χ2n) is 6.72. The Kier molecular flexibility index (Phi) is 13.7. The maximum Gasteiger partial charge on any atom is 0.223 e. The fourth-order valence-electron chi connectivity index (χ4n) is 3.44. The second-order valence-corrected chi connectivity index (χ2v) is 6.72. The number of rotatable bonds is 14. The van der Waals surface area contributed by atoms with Crippen LogP contribution in [0.4, 0.5) is 0 Å². The molecule has 22 heavy (non-hydrogen) atoms. The van der Waals surface area contributed by atoms with Crippen LogP contribution in [0.15, 0.2) is 0 Å². The van der Waals surface area contributed by atoms with Crippen molar-refractivity contribution in [1.29, 1.82) is 0 Å². The highest BCUT2D eigenvalue weighted by molar-refractivity contribution is 5.76. The van der Waals surface area contributed by atoms with Gasteiger partial charge < -0.3 is 4.90 Å². The molecule has 1 amide bonds. The third kappa shape index (κ3) is 8.19. The van der Waals surface area contributed by atoms with E-state index in [-0.39, 0.29) is 0 Å². The molecule has 0 aliphatic heterocycles. The van der Waals surface area contributed by atoms with Crippen LogP contribution in [0.2, 0.25) is 0 Å². The van der Waals surface area contributed by atoms with E-state index < -0.39 is 0 Å². The summed E-state index contributed by atoms with van der Waals surface area (Å²) in [6.45, 7) is 11.1. The number of hydrogen-bond donors (Lipinski definition) is 0. The van der Waals surface area contributed by atoms with Crippen LogP contribution in [0, 0.1) is 0 Å². The van der Waals surface area contributed by atoms with Crippen molar-refractivity contribution in [2.45, 2.75) is 124 Å². The molecule has 0 spiro atoms. The molecule has 2 nitrogen and oxygen atoms in total. The molecular weight excluding hydrogens is 270 g/mol. The standard InChI is InChI=1S/C20H41NO/c1-6-11-16-19(17-12-7-2)21(20(22)15-10-5)18(13-8-3)14-9-4/h18-19H,6-17H2,1-5H3. The number of hydrogen-bond acceptors (Lipinski definition) is 1. The summed E-state index contributed by atoms with van der Waals surface area (Å²) in [4.78, 5) is 15.2. The highest BCUT2D eigenvalue weighted by Crippen LogP contribution is 2.24. The third-order valence-corrected chi connectivity index (χ3v) is 4.56. The quantitative estimate of drug-likeness (QED) is 0.367. The molecule has 0 saturated heterocycles. The molecule has 0 bridgehead atoms. The van der Waals surface area contributed by atoms with Crippen molar-refractivity contribution in [3.63, 3.8) is 0 Å². The van der Waals surface area contributed by atoms with Gasteiger partial charge >= 0.3 is 0 Å². The first-order valence-corrected chi connectivity index (χ1v) is 9.97. The molecule has 0 aromatic carbocycles. The Bertz CT molecular complexity index is 250. The molecule has 0 atom stereocenters. The van der Waals surface area contributed by atoms with Crippen LogP contribution >= 0.6 is 0 Å². The van der Waals surface area contributed by atoms with Gasteiger partial charge in [0.1, 0.15) is 0 Å². The Hall–Kier alpha value is -0.530. The van der Waals surface area contributed by atoms with E-state index in [0.717, 1.165) is 25.7 Å². The van der Waals surface area contributed by atoms with Gasteiger partial charge in [-0.05, 0) is 32.1 Å². The lowest BCUT2D eigenvalue weighted by molar-refractivity contribution is -0.137. The van der Waals surface area contributed by atoms with Crippen molar-refractivity contribution in [3.05, 3.63) is 0 Å². The molecular formula is C20H41NO. The largest absolute Gasteiger partial charge is 0.337 e. The average molecular weight is 312 g/mol. The molecule has 0 heterocycles. The summed E-state index contributed by atoms with van der Waals surface area (Å²) in [7, 11) is 0. The molecule has 0 aliphatic carbocycles. The van der Waals surface area contributed by atoms with Gasteiger partial charge in [-0.2, -0.15) is 0 Å². The van der Waals surface area contributed by atoms with Gasteiger partial charge in [-0.15, -0.1) is 0 Å². The number of carbonyl (C=O) groups is 1. The van der Waals surface area contributed by atoms with E-state index in [2.05, 4.69) is 39.5 Å². The Morgan fingerprint density at radius 1 is 0.682 bits per heavy atom. The average Bonchev–Trinajstić information content (AvgIpc) is 2.50. The van der Waals surface area contributed by atoms with Gasteiger partial charge in [0.15, 0.2) is 0 Å². The highest BCUT2D eigenvalue weighted by atomic mass is 16.2. The van der Waals surface area contributed by atoms with Crippen LogP contribution in [0.25, 0.3) is 0 Å².